The second kappa shape index (κ2) is 5.73. The van der Waals surface area contributed by atoms with Gasteiger partial charge in [0.05, 0.1) is 6.07 Å². The molecule has 1 heterocycles. The van der Waals surface area contributed by atoms with Gasteiger partial charge < -0.3 is 10.6 Å². The van der Waals surface area contributed by atoms with Crippen LogP contribution in [0.3, 0.4) is 0 Å². The van der Waals surface area contributed by atoms with Crippen molar-refractivity contribution in [1.29, 1.82) is 5.26 Å². The summed E-state index contributed by atoms with van der Waals surface area (Å²) in [5.41, 5.74) is 0.577. The zero-order valence-corrected chi connectivity index (χ0v) is 12.1. The molecule has 3 nitrogen and oxygen atoms in total. The summed E-state index contributed by atoms with van der Waals surface area (Å²) in [6, 6.07) is 10.5. The summed E-state index contributed by atoms with van der Waals surface area (Å²) >= 11 is 3.42. The van der Waals surface area contributed by atoms with Crippen LogP contribution < -0.4 is 10.6 Å². The van der Waals surface area contributed by atoms with Crippen LogP contribution in [0.5, 0.6) is 0 Å². The Morgan fingerprint density at radius 1 is 1.50 bits per heavy atom. The van der Waals surface area contributed by atoms with E-state index in [0.29, 0.717) is 5.92 Å². The van der Waals surface area contributed by atoms with Gasteiger partial charge in [0, 0.05) is 22.6 Å². The summed E-state index contributed by atoms with van der Waals surface area (Å²) in [7, 11) is 0. The topological polar surface area (TPSA) is 47.9 Å². The number of benzene rings is 1. The molecule has 18 heavy (non-hydrogen) atoms. The molecule has 0 saturated carbocycles. The van der Waals surface area contributed by atoms with Gasteiger partial charge in [-0.25, -0.2) is 0 Å². The van der Waals surface area contributed by atoms with Gasteiger partial charge in [0.1, 0.15) is 5.54 Å². The van der Waals surface area contributed by atoms with Crippen LogP contribution in [-0.4, -0.2) is 18.6 Å². The molecule has 1 aromatic rings. The molecule has 1 fully saturated rings. The molecule has 96 valence electrons. The van der Waals surface area contributed by atoms with Crippen molar-refractivity contribution < 1.29 is 0 Å². The van der Waals surface area contributed by atoms with Crippen LogP contribution >= 0.6 is 15.9 Å². The lowest BCUT2D eigenvalue weighted by molar-refractivity contribution is 0.276. The van der Waals surface area contributed by atoms with Gasteiger partial charge in [-0.05, 0) is 43.7 Å². The first kappa shape index (κ1) is 13.4. The lowest BCUT2D eigenvalue weighted by Gasteiger charge is -2.40. The smallest absolute Gasteiger partial charge is 0.130 e. The zero-order chi connectivity index (χ0) is 13.0. The molecule has 0 radical (unpaired) electrons. The summed E-state index contributed by atoms with van der Waals surface area (Å²) in [5, 5.41) is 16.4. The normalized spacial score (nSPS) is 27.5. The van der Waals surface area contributed by atoms with Crippen molar-refractivity contribution in [3.05, 3.63) is 28.7 Å². The molecule has 1 saturated heterocycles. The van der Waals surface area contributed by atoms with Crippen molar-refractivity contribution in [3.63, 3.8) is 0 Å². The largest absolute Gasteiger partial charge is 0.367 e. The summed E-state index contributed by atoms with van der Waals surface area (Å²) in [6.45, 7) is 3.95. The van der Waals surface area contributed by atoms with Gasteiger partial charge in [0.25, 0.3) is 0 Å². The van der Waals surface area contributed by atoms with Crippen molar-refractivity contribution in [1.82, 2.24) is 5.32 Å². The Kier molecular flexibility index (Phi) is 4.26. The predicted octanol–water partition coefficient (Wildman–Crippen LogP) is 3.14. The minimum atomic E-state index is -0.437. The van der Waals surface area contributed by atoms with Gasteiger partial charge in [0.2, 0.25) is 0 Å². The summed E-state index contributed by atoms with van der Waals surface area (Å²) in [6.07, 6.45) is 1.85. The number of hydrogen-bond donors (Lipinski definition) is 2. The Morgan fingerprint density at radius 2 is 2.22 bits per heavy atom. The van der Waals surface area contributed by atoms with E-state index in [9.17, 15) is 5.26 Å². The average molecular weight is 308 g/mol. The molecule has 1 aliphatic heterocycles. The molecule has 2 atom stereocenters. The van der Waals surface area contributed by atoms with E-state index in [-0.39, 0.29) is 0 Å². The Hall–Kier alpha value is -1.05. The minimum Gasteiger partial charge on any atom is -0.367 e. The molecular formula is C14H18BrN3. The van der Waals surface area contributed by atoms with Crippen LogP contribution in [-0.2, 0) is 0 Å². The molecule has 1 aliphatic rings. The van der Waals surface area contributed by atoms with Crippen molar-refractivity contribution >= 4 is 21.6 Å². The first-order chi connectivity index (χ1) is 8.70. The monoisotopic (exact) mass is 307 g/mol. The third kappa shape index (κ3) is 2.68. The van der Waals surface area contributed by atoms with E-state index in [0.717, 1.165) is 36.1 Å². The number of piperidine rings is 1. The number of anilines is 1. The standard InChI is InChI=1S/C14H18BrN3/c1-2-11-9-17-8-7-14(11,10-16)18-13-5-3-12(15)4-6-13/h3-6,11,17-18H,2,7-9H2,1H3. The fourth-order valence-electron chi connectivity index (χ4n) is 2.56. The van der Waals surface area contributed by atoms with Crippen LogP contribution in [0.2, 0.25) is 0 Å². The molecule has 2 N–H and O–H groups in total. The summed E-state index contributed by atoms with van der Waals surface area (Å²) in [5.74, 6) is 0.347. The first-order valence-electron chi connectivity index (χ1n) is 6.36. The molecule has 0 aromatic heterocycles. The lowest BCUT2D eigenvalue weighted by Crippen LogP contribution is -2.54. The van der Waals surface area contributed by atoms with Crippen LogP contribution in [0.15, 0.2) is 28.7 Å². The maximum Gasteiger partial charge on any atom is 0.130 e. The third-order valence-corrected chi connectivity index (χ3v) is 4.22. The van der Waals surface area contributed by atoms with Gasteiger partial charge in [0.15, 0.2) is 0 Å². The van der Waals surface area contributed by atoms with Gasteiger partial charge in [-0.2, -0.15) is 5.26 Å². The van der Waals surface area contributed by atoms with Crippen LogP contribution in [0.1, 0.15) is 19.8 Å². The number of nitrogens with one attached hydrogen (secondary N) is 2. The Bertz CT molecular complexity index is 437. The lowest BCUT2D eigenvalue weighted by atomic mass is 9.78. The molecule has 0 aliphatic carbocycles. The van der Waals surface area contributed by atoms with Gasteiger partial charge >= 0.3 is 0 Å². The Balaban J connectivity index is 2.21. The highest BCUT2D eigenvalue weighted by Gasteiger charge is 2.40. The van der Waals surface area contributed by atoms with Crippen molar-refractivity contribution in [2.24, 2.45) is 5.92 Å². The van der Waals surface area contributed by atoms with Crippen LogP contribution in [0, 0.1) is 17.2 Å². The number of hydrogen-bond acceptors (Lipinski definition) is 3. The number of rotatable bonds is 3. The predicted molar refractivity (Wildman–Crippen MR) is 77.4 cm³/mol. The summed E-state index contributed by atoms with van der Waals surface area (Å²) in [4.78, 5) is 0. The first-order valence-corrected chi connectivity index (χ1v) is 7.15. The molecule has 1 aromatic carbocycles. The van der Waals surface area contributed by atoms with Gasteiger partial charge in [-0.3, -0.25) is 0 Å². The van der Waals surface area contributed by atoms with Crippen molar-refractivity contribution in [2.45, 2.75) is 25.3 Å². The highest BCUT2D eigenvalue weighted by molar-refractivity contribution is 9.10. The maximum absolute atomic E-state index is 9.61. The van der Waals surface area contributed by atoms with E-state index < -0.39 is 5.54 Å². The van der Waals surface area contributed by atoms with E-state index >= 15 is 0 Å². The third-order valence-electron chi connectivity index (χ3n) is 3.69. The van der Waals surface area contributed by atoms with Gasteiger partial charge in [-0.15, -0.1) is 0 Å². The molecule has 2 unspecified atom stereocenters. The Labute approximate surface area is 117 Å². The highest BCUT2D eigenvalue weighted by Crippen LogP contribution is 2.31. The SMILES string of the molecule is CCC1CNCCC1(C#N)Nc1ccc(Br)cc1. The summed E-state index contributed by atoms with van der Waals surface area (Å²) < 4.78 is 1.05. The highest BCUT2D eigenvalue weighted by atomic mass is 79.9. The average Bonchev–Trinajstić information content (AvgIpc) is 2.42. The Morgan fingerprint density at radius 3 is 2.83 bits per heavy atom. The molecule has 0 amide bonds. The molecule has 4 heteroatoms. The second-order valence-electron chi connectivity index (χ2n) is 4.77. The fourth-order valence-corrected chi connectivity index (χ4v) is 2.83. The quantitative estimate of drug-likeness (QED) is 0.902. The van der Waals surface area contributed by atoms with Gasteiger partial charge in [-0.1, -0.05) is 22.9 Å². The van der Waals surface area contributed by atoms with E-state index in [1.54, 1.807) is 0 Å². The van der Waals surface area contributed by atoms with E-state index in [4.69, 9.17) is 0 Å². The molecular weight excluding hydrogens is 290 g/mol. The fraction of sp³-hybridized carbons (Fsp3) is 0.500. The van der Waals surface area contributed by atoms with Crippen molar-refractivity contribution in [3.8, 4) is 6.07 Å². The van der Waals surface area contributed by atoms with Crippen LogP contribution in [0.25, 0.3) is 0 Å². The minimum absolute atomic E-state index is 0.347. The van der Waals surface area contributed by atoms with E-state index in [1.165, 1.54) is 0 Å². The number of halogens is 1. The zero-order valence-electron chi connectivity index (χ0n) is 10.5. The number of nitriles is 1. The number of nitrogens with zero attached hydrogens (tertiary/aromatic N) is 1. The van der Waals surface area contributed by atoms with Crippen molar-refractivity contribution in [2.75, 3.05) is 18.4 Å². The molecule has 0 bridgehead atoms. The molecule has 2 rings (SSSR count). The second-order valence-corrected chi connectivity index (χ2v) is 5.69. The van der Waals surface area contributed by atoms with Crippen LogP contribution in [0.4, 0.5) is 5.69 Å². The maximum atomic E-state index is 9.61. The van der Waals surface area contributed by atoms with E-state index in [2.05, 4.69) is 39.6 Å². The molecule has 0 spiro atoms. The van der Waals surface area contributed by atoms with E-state index in [1.807, 2.05) is 24.3 Å².